The Kier molecular flexibility index (Phi) is 2.57. The molecule has 68 valence electrons. The molecule has 0 aliphatic heterocycles. The van der Waals surface area contributed by atoms with Crippen molar-refractivity contribution in [2.45, 2.75) is 26.4 Å². The smallest absolute Gasteiger partial charge is 0.120 e. The van der Waals surface area contributed by atoms with Gasteiger partial charge in [-0.2, -0.15) is 5.26 Å². The molecular formula is C11H13NO. The van der Waals surface area contributed by atoms with Gasteiger partial charge in [-0.25, -0.2) is 0 Å². The largest absolute Gasteiger partial charge is 0.488 e. The Morgan fingerprint density at radius 1 is 1.15 bits per heavy atom. The first kappa shape index (κ1) is 9.60. The van der Waals surface area contributed by atoms with Gasteiger partial charge in [0.25, 0.3) is 0 Å². The van der Waals surface area contributed by atoms with E-state index in [0.717, 1.165) is 5.75 Å². The molecule has 0 spiro atoms. The van der Waals surface area contributed by atoms with E-state index in [1.54, 1.807) is 12.1 Å². The monoisotopic (exact) mass is 175 g/mol. The van der Waals surface area contributed by atoms with Gasteiger partial charge in [0.2, 0.25) is 0 Å². The van der Waals surface area contributed by atoms with Gasteiger partial charge in [0.15, 0.2) is 0 Å². The van der Waals surface area contributed by atoms with Gasteiger partial charge in [-0.05, 0) is 45.0 Å². The topological polar surface area (TPSA) is 33.0 Å². The molecule has 0 N–H and O–H groups in total. The number of ether oxygens (including phenoxy) is 1. The summed E-state index contributed by atoms with van der Waals surface area (Å²) in [4.78, 5) is 0. The molecule has 0 aliphatic carbocycles. The van der Waals surface area contributed by atoms with Gasteiger partial charge >= 0.3 is 0 Å². The third kappa shape index (κ3) is 3.16. The molecule has 0 radical (unpaired) electrons. The van der Waals surface area contributed by atoms with Crippen LogP contribution in [0.25, 0.3) is 0 Å². The zero-order valence-corrected chi connectivity index (χ0v) is 8.16. The number of nitrogens with zero attached hydrogens (tertiary/aromatic N) is 1. The van der Waals surface area contributed by atoms with Crippen LogP contribution in [0.1, 0.15) is 26.3 Å². The lowest BCUT2D eigenvalue weighted by atomic mass is 10.2. The average Bonchev–Trinajstić information content (AvgIpc) is 2.03. The molecule has 0 bridgehead atoms. The highest BCUT2D eigenvalue weighted by molar-refractivity contribution is 5.34. The average molecular weight is 175 g/mol. The lowest BCUT2D eigenvalue weighted by molar-refractivity contribution is 0.131. The SMILES string of the molecule is CC(C)(C)Oc1ccc(C#N)cc1. The van der Waals surface area contributed by atoms with Gasteiger partial charge in [-0.1, -0.05) is 0 Å². The minimum Gasteiger partial charge on any atom is -0.488 e. The molecule has 0 aliphatic rings. The molecule has 0 amide bonds. The molecule has 0 atom stereocenters. The van der Waals surface area contributed by atoms with Crippen LogP contribution in [0.3, 0.4) is 0 Å². The molecule has 0 saturated carbocycles. The summed E-state index contributed by atoms with van der Waals surface area (Å²) in [5.41, 5.74) is 0.468. The molecule has 0 aromatic heterocycles. The van der Waals surface area contributed by atoms with Crippen LogP contribution in [0.4, 0.5) is 0 Å². The summed E-state index contributed by atoms with van der Waals surface area (Å²) in [5, 5.41) is 8.57. The Hall–Kier alpha value is -1.49. The molecule has 2 nitrogen and oxygen atoms in total. The molecule has 0 saturated heterocycles. The Morgan fingerprint density at radius 3 is 2.08 bits per heavy atom. The maximum Gasteiger partial charge on any atom is 0.120 e. The Bertz CT molecular complexity index is 313. The van der Waals surface area contributed by atoms with Crippen LogP contribution in [0.15, 0.2) is 24.3 Å². The van der Waals surface area contributed by atoms with E-state index in [9.17, 15) is 0 Å². The van der Waals surface area contributed by atoms with E-state index in [0.29, 0.717) is 5.56 Å². The van der Waals surface area contributed by atoms with Gasteiger partial charge < -0.3 is 4.74 Å². The highest BCUT2D eigenvalue weighted by atomic mass is 16.5. The number of nitriles is 1. The van der Waals surface area contributed by atoms with Crippen LogP contribution in [0.5, 0.6) is 5.75 Å². The first-order valence-corrected chi connectivity index (χ1v) is 4.20. The summed E-state index contributed by atoms with van der Waals surface area (Å²) in [6, 6.07) is 9.18. The minimum absolute atomic E-state index is 0.186. The maximum atomic E-state index is 8.57. The predicted molar refractivity (Wildman–Crippen MR) is 51.5 cm³/mol. The standard InChI is InChI=1S/C11H13NO/c1-11(2,3)13-10-6-4-9(8-12)5-7-10/h4-7H,1-3H3. The second-order valence-corrected chi connectivity index (χ2v) is 3.85. The third-order valence-corrected chi connectivity index (χ3v) is 1.41. The van der Waals surface area contributed by atoms with Gasteiger partial charge in [0.1, 0.15) is 11.4 Å². The lowest BCUT2D eigenvalue weighted by Gasteiger charge is -2.20. The first-order valence-electron chi connectivity index (χ1n) is 4.20. The van der Waals surface area contributed by atoms with Crippen LogP contribution in [0, 0.1) is 11.3 Å². The number of hydrogen-bond acceptors (Lipinski definition) is 2. The van der Waals surface area contributed by atoms with Gasteiger partial charge in [-0.3, -0.25) is 0 Å². The van der Waals surface area contributed by atoms with Crippen LogP contribution in [-0.4, -0.2) is 5.60 Å². The second kappa shape index (κ2) is 3.49. The van der Waals surface area contributed by atoms with Crippen molar-refractivity contribution in [2.24, 2.45) is 0 Å². The number of rotatable bonds is 1. The molecule has 13 heavy (non-hydrogen) atoms. The van der Waals surface area contributed by atoms with E-state index in [2.05, 4.69) is 6.07 Å². The van der Waals surface area contributed by atoms with Crippen molar-refractivity contribution in [2.75, 3.05) is 0 Å². The zero-order chi connectivity index (χ0) is 9.90. The predicted octanol–water partition coefficient (Wildman–Crippen LogP) is 2.74. The second-order valence-electron chi connectivity index (χ2n) is 3.85. The Labute approximate surface area is 78.8 Å². The summed E-state index contributed by atoms with van der Waals surface area (Å²) in [6.45, 7) is 5.97. The van der Waals surface area contributed by atoms with Crippen LogP contribution in [-0.2, 0) is 0 Å². The van der Waals surface area contributed by atoms with Crippen molar-refractivity contribution < 1.29 is 4.74 Å². The van der Waals surface area contributed by atoms with Gasteiger partial charge in [-0.15, -0.1) is 0 Å². The van der Waals surface area contributed by atoms with Gasteiger partial charge in [0.05, 0.1) is 11.6 Å². The number of hydrogen-bond donors (Lipinski definition) is 0. The van der Waals surface area contributed by atoms with E-state index < -0.39 is 0 Å². The van der Waals surface area contributed by atoms with E-state index in [-0.39, 0.29) is 5.60 Å². The molecular weight excluding hydrogens is 162 g/mol. The lowest BCUT2D eigenvalue weighted by Crippen LogP contribution is -2.22. The van der Waals surface area contributed by atoms with Crippen molar-refractivity contribution >= 4 is 0 Å². The van der Waals surface area contributed by atoms with E-state index in [1.807, 2.05) is 32.9 Å². The van der Waals surface area contributed by atoms with Crippen molar-refractivity contribution in [3.05, 3.63) is 29.8 Å². The normalized spacial score (nSPS) is 10.6. The first-order chi connectivity index (χ1) is 6.01. The van der Waals surface area contributed by atoms with Crippen LogP contribution >= 0.6 is 0 Å². The highest BCUT2D eigenvalue weighted by Gasteiger charge is 2.10. The quantitative estimate of drug-likeness (QED) is 0.657. The van der Waals surface area contributed by atoms with E-state index in [1.165, 1.54) is 0 Å². The molecule has 0 fully saturated rings. The van der Waals surface area contributed by atoms with E-state index >= 15 is 0 Å². The van der Waals surface area contributed by atoms with Gasteiger partial charge in [0, 0.05) is 0 Å². The molecule has 0 heterocycles. The molecule has 1 rings (SSSR count). The van der Waals surface area contributed by atoms with Crippen LogP contribution in [0.2, 0.25) is 0 Å². The zero-order valence-electron chi connectivity index (χ0n) is 8.16. The summed E-state index contributed by atoms with van der Waals surface area (Å²) in [5.74, 6) is 0.798. The number of benzene rings is 1. The van der Waals surface area contributed by atoms with Crippen molar-refractivity contribution in [1.82, 2.24) is 0 Å². The van der Waals surface area contributed by atoms with Crippen molar-refractivity contribution in [1.29, 1.82) is 5.26 Å². The summed E-state index contributed by atoms with van der Waals surface area (Å²) >= 11 is 0. The van der Waals surface area contributed by atoms with Crippen molar-refractivity contribution in [3.8, 4) is 11.8 Å². The fourth-order valence-electron chi connectivity index (χ4n) is 0.951. The van der Waals surface area contributed by atoms with E-state index in [4.69, 9.17) is 10.00 Å². The molecule has 1 aromatic carbocycles. The highest BCUT2D eigenvalue weighted by Crippen LogP contribution is 2.17. The molecule has 0 unspecified atom stereocenters. The Morgan fingerprint density at radius 2 is 1.69 bits per heavy atom. The third-order valence-electron chi connectivity index (χ3n) is 1.41. The van der Waals surface area contributed by atoms with Crippen molar-refractivity contribution in [3.63, 3.8) is 0 Å². The fraction of sp³-hybridized carbons (Fsp3) is 0.364. The molecule has 1 aromatic rings. The fourth-order valence-corrected chi connectivity index (χ4v) is 0.951. The molecule has 2 heteroatoms. The maximum absolute atomic E-state index is 8.57. The summed E-state index contributed by atoms with van der Waals surface area (Å²) in [7, 11) is 0. The minimum atomic E-state index is -0.186. The van der Waals surface area contributed by atoms with Crippen LogP contribution < -0.4 is 4.74 Å². The summed E-state index contributed by atoms with van der Waals surface area (Å²) in [6.07, 6.45) is 0. The summed E-state index contributed by atoms with van der Waals surface area (Å²) < 4.78 is 5.59. The Balaban J connectivity index is 2.77.